The second-order valence-electron chi connectivity index (χ2n) is 6.60. The molecule has 1 atom stereocenters. The van der Waals surface area contributed by atoms with E-state index in [2.05, 4.69) is 5.32 Å². The third kappa shape index (κ3) is 6.55. The first-order valence-corrected chi connectivity index (χ1v) is 9.68. The monoisotopic (exact) mass is 411 g/mol. The van der Waals surface area contributed by atoms with Gasteiger partial charge in [-0.25, -0.2) is 0 Å². The Morgan fingerprint density at radius 3 is 2.27 bits per heavy atom. The maximum atomic E-state index is 12.3. The summed E-state index contributed by atoms with van der Waals surface area (Å²) in [5.41, 5.74) is 1.19. The van der Waals surface area contributed by atoms with Gasteiger partial charge in [0.25, 0.3) is 5.91 Å². The molecule has 2 aromatic carbocycles. The average molecular weight is 411 g/mol. The highest BCUT2D eigenvalue weighted by Gasteiger charge is 2.20. The SMILES string of the molecule is CCOc1ccc(C(=O)CCC(=O)OC(C)C(=O)Nc2ccccc2C(C)=O)cc1. The fourth-order valence-electron chi connectivity index (χ4n) is 2.71. The molecule has 1 amide bonds. The van der Waals surface area contributed by atoms with Crippen molar-refractivity contribution in [1.29, 1.82) is 0 Å². The van der Waals surface area contributed by atoms with E-state index in [1.807, 2.05) is 6.92 Å². The Bertz CT molecular complexity index is 920. The minimum Gasteiger partial charge on any atom is -0.494 e. The molecule has 0 aliphatic carbocycles. The molecule has 0 saturated carbocycles. The van der Waals surface area contributed by atoms with E-state index in [0.717, 1.165) is 0 Å². The van der Waals surface area contributed by atoms with Crippen molar-refractivity contribution in [3.8, 4) is 5.75 Å². The third-order valence-corrected chi connectivity index (χ3v) is 4.29. The summed E-state index contributed by atoms with van der Waals surface area (Å²) in [6.45, 7) is 5.23. The van der Waals surface area contributed by atoms with Crippen molar-refractivity contribution in [2.45, 2.75) is 39.7 Å². The number of hydrogen-bond donors (Lipinski definition) is 1. The van der Waals surface area contributed by atoms with Crippen LogP contribution in [0.1, 0.15) is 54.3 Å². The lowest BCUT2D eigenvalue weighted by Gasteiger charge is -2.15. The maximum Gasteiger partial charge on any atom is 0.307 e. The van der Waals surface area contributed by atoms with Crippen LogP contribution in [0, 0.1) is 0 Å². The number of para-hydroxylation sites is 1. The van der Waals surface area contributed by atoms with Crippen LogP contribution in [-0.4, -0.2) is 36.2 Å². The molecule has 0 aliphatic rings. The second kappa shape index (κ2) is 10.9. The summed E-state index contributed by atoms with van der Waals surface area (Å²) in [7, 11) is 0. The number of Topliss-reactive ketones (excluding diaryl/α,β-unsaturated/α-hetero) is 2. The van der Waals surface area contributed by atoms with Crippen molar-refractivity contribution >= 4 is 29.1 Å². The van der Waals surface area contributed by atoms with Gasteiger partial charge in [-0.2, -0.15) is 0 Å². The number of hydrogen-bond acceptors (Lipinski definition) is 6. The molecule has 0 aromatic heterocycles. The van der Waals surface area contributed by atoms with Crippen LogP contribution in [-0.2, 0) is 14.3 Å². The molecule has 0 saturated heterocycles. The van der Waals surface area contributed by atoms with Crippen LogP contribution in [0.15, 0.2) is 48.5 Å². The molecule has 0 radical (unpaired) electrons. The molecule has 7 nitrogen and oxygen atoms in total. The summed E-state index contributed by atoms with van der Waals surface area (Å²) < 4.78 is 10.4. The fraction of sp³-hybridized carbons (Fsp3) is 0.304. The van der Waals surface area contributed by atoms with Crippen molar-refractivity contribution < 1.29 is 28.7 Å². The lowest BCUT2D eigenvalue weighted by atomic mass is 10.1. The number of ketones is 2. The van der Waals surface area contributed by atoms with E-state index >= 15 is 0 Å². The lowest BCUT2D eigenvalue weighted by molar-refractivity contribution is -0.153. The quantitative estimate of drug-likeness (QED) is 0.471. The molecule has 2 rings (SSSR count). The van der Waals surface area contributed by atoms with Crippen LogP contribution in [0.25, 0.3) is 0 Å². The summed E-state index contributed by atoms with van der Waals surface area (Å²) in [6.07, 6.45) is -1.25. The Morgan fingerprint density at radius 1 is 0.967 bits per heavy atom. The van der Waals surface area contributed by atoms with Gasteiger partial charge in [0.2, 0.25) is 0 Å². The number of anilines is 1. The Balaban J connectivity index is 1.84. The molecular weight excluding hydrogens is 386 g/mol. The summed E-state index contributed by atoms with van der Waals surface area (Å²) in [6, 6.07) is 13.2. The van der Waals surface area contributed by atoms with Gasteiger partial charge < -0.3 is 14.8 Å². The topological polar surface area (TPSA) is 98.8 Å². The van der Waals surface area contributed by atoms with Crippen molar-refractivity contribution in [3.63, 3.8) is 0 Å². The number of carbonyl (C=O) groups excluding carboxylic acids is 4. The van der Waals surface area contributed by atoms with Crippen LogP contribution in [0.4, 0.5) is 5.69 Å². The lowest BCUT2D eigenvalue weighted by Crippen LogP contribution is -2.30. The van der Waals surface area contributed by atoms with Crippen molar-refractivity contribution in [3.05, 3.63) is 59.7 Å². The molecule has 1 unspecified atom stereocenters. The van der Waals surface area contributed by atoms with Crippen LogP contribution < -0.4 is 10.1 Å². The third-order valence-electron chi connectivity index (χ3n) is 4.29. The van der Waals surface area contributed by atoms with Crippen LogP contribution in [0.3, 0.4) is 0 Å². The number of amides is 1. The number of carbonyl (C=O) groups is 4. The van der Waals surface area contributed by atoms with Crippen LogP contribution >= 0.6 is 0 Å². The molecular formula is C23H25NO6. The highest BCUT2D eigenvalue weighted by Crippen LogP contribution is 2.17. The number of ether oxygens (including phenoxy) is 2. The minimum absolute atomic E-state index is 0.0334. The fourth-order valence-corrected chi connectivity index (χ4v) is 2.71. The summed E-state index contributed by atoms with van der Waals surface area (Å²) in [5.74, 6) is -0.947. The molecule has 158 valence electrons. The molecule has 2 aromatic rings. The standard InChI is InChI=1S/C23H25NO6/c1-4-29-18-11-9-17(10-12-18)21(26)13-14-22(27)30-16(3)23(28)24-20-8-6-5-7-19(20)15(2)25/h5-12,16H,4,13-14H2,1-3H3,(H,24,28). The van der Waals surface area contributed by atoms with E-state index in [1.165, 1.54) is 13.8 Å². The summed E-state index contributed by atoms with van der Waals surface area (Å²) >= 11 is 0. The Kier molecular flexibility index (Phi) is 8.29. The number of esters is 1. The number of nitrogens with one attached hydrogen (secondary N) is 1. The normalized spacial score (nSPS) is 11.3. The van der Waals surface area contributed by atoms with Gasteiger partial charge in [0, 0.05) is 17.5 Å². The Hall–Kier alpha value is -3.48. The van der Waals surface area contributed by atoms with E-state index in [1.54, 1.807) is 48.5 Å². The molecule has 0 bridgehead atoms. The van der Waals surface area contributed by atoms with E-state index in [-0.39, 0.29) is 24.4 Å². The van der Waals surface area contributed by atoms with E-state index < -0.39 is 18.0 Å². The van der Waals surface area contributed by atoms with Crippen molar-refractivity contribution in [2.24, 2.45) is 0 Å². The number of benzene rings is 2. The van der Waals surface area contributed by atoms with Crippen molar-refractivity contribution in [2.75, 3.05) is 11.9 Å². The zero-order valence-electron chi connectivity index (χ0n) is 17.3. The number of rotatable bonds is 10. The zero-order valence-corrected chi connectivity index (χ0v) is 17.3. The van der Waals surface area contributed by atoms with Crippen LogP contribution in [0.2, 0.25) is 0 Å². The first kappa shape index (κ1) is 22.8. The van der Waals surface area contributed by atoms with Gasteiger partial charge >= 0.3 is 5.97 Å². The predicted octanol–water partition coefficient (Wildman–Crippen LogP) is 3.82. The minimum atomic E-state index is -1.07. The maximum absolute atomic E-state index is 12.3. The molecule has 30 heavy (non-hydrogen) atoms. The van der Waals surface area contributed by atoms with E-state index in [9.17, 15) is 19.2 Å². The average Bonchev–Trinajstić information content (AvgIpc) is 2.73. The molecule has 0 aliphatic heterocycles. The molecule has 0 spiro atoms. The first-order valence-electron chi connectivity index (χ1n) is 9.68. The zero-order chi connectivity index (χ0) is 22.1. The van der Waals surface area contributed by atoms with Gasteiger partial charge in [-0.05, 0) is 57.2 Å². The van der Waals surface area contributed by atoms with Gasteiger partial charge in [-0.1, -0.05) is 12.1 Å². The molecule has 0 fully saturated rings. The molecule has 7 heteroatoms. The van der Waals surface area contributed by atoms with E-state index in [0.29, 0.717) is 29.2 Å². The van der Waals surface area contributed by atoms with E-state index in [4.69, 9.17) is 9.47 Å². The van der Waals surface area contributed by atoms with Gasteiger partial charge in [0.15, 0.2) is 17.7 Å². The summed E-state index contributed by atoms with van der Waals surface area (Å²) in [4.78, 5) is 48.2. The second-order valence-corrected chi connectivity index (χ2v) is 6.60. The van der Waals surface area contributed by atoms with Gasteiger partial charge in [0.1, 0.15) is 5.75 Å². The van der Waals surface area contributed by atoms with Gasteiger partial charge in [-0.15, -0.1) is 0 Å². The first-order chi connectivity index (χ1) is 14.3. The molecule has 1 N–H and O–H groups in total. The Labute approximate surface area is 175 Å². The highest BCUT2D eigenvalue weighted by atomic mass is 16.5. The predicted molar refractivity (Wildman–Crippen MR) is 112 cm³/mol. The van der Waals surface area contributed by atoms with Gasteiger partial charge in [-0.3, -0.25) is 19.2 Å². The molecule has 0 heterocycles. The van der Waals surface area contributed by atoms with Crippen molar-refractivity contribution in [1.82, 2.24) is 0 Å². The Morgan fingerprint density at radius 2 is 1.63 bits per heavy atom. The smallest absolute Gasteiger partial charge is 0.307 e. The summed E-state index contributed by atoms with van der Waals surface area (Å²) in [5, 5.41) is 2.59. The highest BCUT2D eigenvalue weighted by molar-refractivity contribution is 6.04. The van der Waals surface area contributed by atoms with Gasteiger partial charge in [0.05, 0.1) is 18.7 Å². The largest absolute Gasteiger partial charge is 0.494 e. The van der Waals surface area contributed by atoms with Crippen LogP contribution in [0.5, 0.6) is 5.75 Å².